The standard InChI is InChI=1S/C13H18BrN5S/c1-13(2,3)12-17-10(5-11(18-12)19-15)16-6-9-4-8(14)7-20-9/h4-5,7H,6,15H2,1-3H3,(H2,16,17,18,19). The fourth-order valence-electron chi connectivity index (χ4n) is 1.57. The van der Waals surface area contributed by atoms with E-state index >= 15 is 0 Å². The number of hydrogen-bond acceptors (Lipinski definition) is 6. The predicted octanol–water partition coefficient (Wildman–Crippen LogP) is 3.50. The highest BCUT2D eigenvalue weighted by molar-refractivity contribution is 9.10. The number of halogens is 1. The summed E-state index contributed by atoms with van der Waals surface area (Å²) < 4.78 is 1.10. The number of rotatable bonds is 4. The first-order valence-electron chi connectivity index (χ1n) is 6.21. The molecule has 0 fully saturated rings. The minimum absolute atomic E-state index is 0.130. The van der Waals surface area contributed by atoms with E-state index in [1.807, 2.05) is 0 Å². The molecule has 0 aliphatic carbocycles. The van der Waals surface area contributed by atoms with Crippen LogP contribution in [0.25, 0.3) is 0 Å². The summed E-state index contributed by atoms with van der Waals surface area (Å²) in [4.78, 5) is 10.2. The van der Waals surface area contributed by atoms with Crippen LogP contribution in [0.1, 0.15) is 31.5 Å². The molecule has 0 spiro atoms. The summed E-state index contributed by atoms with van der Waals surface area (Å²) in [5.41, 5.74) is 2.46. The molecule has 2 aromatic rings. The van der Waals surface area contributed by atoms with Gasteiger partial charge in [-0.2, -0.15) is 0 Å². The SMILES string of the molecule is CC(C)(C)c1nc(NN)cc(NCc2cc(Br)cs2)n1. The maximum absolute atomic E-state index is 5.47. The lowest BCUT2D eigenvalue weighted by molar-refractivity contribution is 0.546. The Morgan fingerprint density at radius 2 is 1.95 bits per heavy atom. The molecular formula is C13H18BrN5S. The zero-order valence-electron chi connectivity index (χ0n) is 11.7. The van der Waals surface area contributed by atoms with Gasteiger partial charge in [0.05, 0.1) is 6.54 Å². The summed E-state index contributed by atoms with van der Waals surface area (Å²) in [5, 5.41) is 5.36. The van der Waals surface area contributed by atoms with Gasteiger partial charge in [0.15, 0.2) is 0 Å². The number of hydrazine groups is 1. The number of thiophene rings is 1. The molecule has 0 saturated heterocycles. The van der Waals surface area contributed by atoms with E-state index in [0.717, 1.165) is 22.7 Å². The van der Waals surface area contributed by atoms with E-state index in [-0.39, 0.29) is 5.41 Å². The number of nitrogen functional groups attached to an aromatic ring is 1. The van der Waals surface area contributed by atoms with E-state index < -0.39 is 0 Å². The van der Waals surface area contributed by atoms with Crippen molar-refractivity contribution in [1.82, 2.24) is 9.97 Å². The highest BCUT2D eigenvalue weighted by Crippen LogP contribution is 2.23. The van der Waals surface area contributed by atoms with Crippen LogP contribution >= 0.6 is 27.3 Å². The van der Waals surface area contributed by atoms with Crippen LogP contribution in [-0.4, -0.2) is 9.97 Å². The normalized spacial score (nSPS) is 11.4. The van der Waals surface area contributed by atoms with Crippen molar-refractivity contribution in [2.75, 3.05) is 10.7 Å². The molecule has 0 unspecified atom stereocenters. The van der Waals surface area contributed by atoms with Crippen molar-refractivity contribution in [2.24, 2.45) is 5.84 Å². The minimum Gasteiger partial charge on any atom is -0.365 e. The summed E-state index contributed by atoms with van der Waals surface area (Å²) in [7, 11) is 0. The van der Waals surface area contributed by atoms with Gasteiger partial charge in [-0.05, 0) is 22.0 Å². The summed E-state index contributed by atoms with van der Waals surface area (Å²) in [6, 6.07) is 3.89. The topological polar surface area (TPSA) is 75.9 Å². The van der Waals surface area contributed by atoms with Crippen LogP contribution in [0.2, 0.25) is 0 Å². The van der Waals surface area contributed by atoms with Gasteiger partial charge in [0.25, 0.3) is 0 Å². The molecule has 0 aliphatic rings. The largest absolute Gasteiger partial charge is 0.365 e. The van der Waals surface area contributed by atoms with Gasteiger partial charge < -0.3 is 10.7 Å². The van der Waals surface area contributed by atoms with Gasteiger partial charge in [-0.3, -0.25) is 0 Å². The summed E-state index contributed by atoms with van der Waals surface area (Å²) in [6.45, 7) is 6.94. The second kappa shape index (κ2) is 6.07. The molecule has 0 amide bonds. The Labute approximate surface area is 131 Å². The van der Waals surface area contributed by atoms with Crippen LogP contribution in [0.5, 0.6) is 0 Å². The van der Waals surface area contributed by atoms with Crippen molar-refractivity contribution in [2.45, 2.75) is 32.7 Å². The van der Waals surface area contributed by atoms with Crippen molar-refractivity contribution in [3.05, 3.63) is 32.7 Å². The van der Waals surface area contributed by atoms with Crippen molar-refractivity contribution >= 4 is 38.9 Å². The number of nitrogens with one attached hydrogen (secondary N) is 2. The maximum Gasteiger partial charge on any atom is 0.145 e. The molecule has 20 heavy (non-hydrogen) atoms. The first-order valence-corrected chi connectivity index (χ1v) is 7.89. The van der Waals surface area contributed by atoms with Crippen molar-refractivity contribution in [3.63, 3.8) is 0 Å². The van der Waals surface area contributed by atoms with Crippen molar-refractivity contribution in [1.29, 1.82) is 0 Å². The third kappa shape index (κ3) is 3.91. The molecule has 0 aromatic carbocycles. The second-order valence-corrected chi connectivity index (χ2v) is 7.35. The van der Waals surface area contributed by atoms with Crippen LogP contribution in [0.4, 0.5) is 11.6 Å². The van der Waals surface area contributed by atoms with Crippen molar-refractivity contribution < 1.29 is 0 Å². The van der Waals surface area contributed by atoms with Crippen molar-refractivity contribution in [3.8, 4) is 0 Å². The Bertz CT molecular complexity index is 591. The summed E-state index contributed by atoms with van der Waals surface area (Å²) >= 11 is 5.14. The fourth-order valence-corrected chi connectivity index (χ4v) is 2.96. The molecule has 2 heterocycles. The number of nitrogens with zero attached hydrogens (tertiary/aromatic N) is 2. The van der Waals surface area contributed by atoms with E-state index in [9.17, 15) is 0 Å². The average molecular weight is 356 g/mol. The Morgan fingerprint density at radius 3 is 2.50 bits per heavy atom. The smallest absolute Gasteiger partial charge is 0.145 e. The molecule has 7 heteroatoms. The van der Waals surface area contributed by atoms with Gasteiger partial charge in [0.1, 0.15) is 17.5 Å². The van der Waals surface area contributed by atoms with Gasteiger partial charge in [-0.1, -0.05) is 20.8 Å². The Morgan fingerprint density at radius 1 is 1.25 bits per heavy atom. The third-order valence-corrected chi connectivity index (χ3v) is 4.31. The maximum atomic E-state index is 5.47. The van der Waals surface area contributed by atoms with Crippen LogP contribution in [0.15, 0.2) is 22.0 Å². The van der Waals surface area contributed by atoms with E-state index in [1.165, 1.54) is 4.88 Å². The Hall–Kier alpha value is -1.18. The molecule has 0 atom stereocenters. The Balaban J connectivity index is 2.18. The quantitative estimate of drug-likeness (QED) is 0.578. The zero-order chi connectivity index (χ0) is 14.8. The van der Waals surface area contributed by atoms with E-state index in [0.29, 0.717) is 5.82 Å². The van der Waals surface area contributed by atoms with Gasteiger partial charge in [0, 0.05) is 26.2 Å². The number of aromatic nitrogens is 2. The van der Waals surface area contributed by atoms with E-state index in [1.54, 1.807) is 17.4 Å². The van der Waals surface area contributed by atoms with Gasteiger partial charge in [0.2, 0.25) is 0 Å². The number of nitrogens with two attached hydrogens (primary N) is 1. The fraction of sp³-hybridized carbons (Fsp3) is 0.385. The molecule has 2 rings (SSSR count). The minimum atomic E-state index is -0.130. The van der Waals surface area contributed by atoms with E-state index in [4.69, 9.17) is 5.84 Å². The van der Waals surface area contributed by atoms with Gasteiger partial charge in [-0.25, -0.2) is 15.8 Å². The van der Waals surface area contributed by atoms with Gasteiger partial charge in [-0.15, -0.1) is 11.3 Å². The molecule has 0 aliphatic heterocycles. The first-order chi connectivity index (χ1) is 9.38. The van der Waals surface area contributed by atoms with Crippen LogP contribution < -0.4 is 16.6 Å². The lowest BCUT2D eigenvalue weighted by Crippen LogP contribution is -2.19. The molecule has 4 N–H and O–H groups in total. The molecule has 0 bridgehead atoms. The highest BCUT2D eigenvalue weighted by atomic mass is 79.9. The number of hydrogen-bond donors (Lipinski definition) is 3. The lowest BCUT2D eigenvalue weighted by Gasteiger charge is -2.18. The second-order valence-electron chi connectivity index (χ2n) is 5.44. The van der Waals surface area contributed by atoms with Gasteiger partial charge >= 0.3 is 0 Å². The molecular weight excluding hydrogens is 338 g/mol. The summed E-state index contributed by atoms with van der Waals surface area (Å²) in [5.74, 6) is 7.60. The predicted molar refractivity (Wildman–Crippen MR) is 87.9 cm³/mol. The molecule has 2 aromatic heterocycles. The summed E-state index contributed by atoms with van der Waals surface area (Å²) in [6.07, 6.45) is 0. The monoisotopic (exact) mass is 355 g/mol. The average Bonchev–Trinajstić information content (AvgIpc) is 2.81. The Kier molecular flexibility index (Phi) is 4.62. The zero-order valence-corrected chi connectivity index (χ0v) is 14.1. The molecule has 0 radical (unpaired) electrons. The molecule has 5 nitrogen and oxygen atoms in total. The van der Waals surface area contributed by atoms with Crippen LogP contribution in [0, 0.1) is 0 Å². The number of anilines is 2. The molecule has 0 saturated carbocycles. The molecule has 108 valence electrons. The van der Waals surface area contributed by atoms with E-state index in [2.05, 4.69) is 68.9 Å². The third-order valence-electron chi connectivity index (χ3n) is 2.61. The highest BCUT2D eigenvalue weighted by Gasteiger charge is 2.19. The lowest BCUT2D eigenvalue weighted by atomic mass is 9.96. The van der Waals surface area contributed by atoms with Crippen LogP contribution in [0.3, 0.4) is 0 Å². The first kappa shape index (κ1) is 15.2. The van der Waals surface area contributed by atoms with Crippen LogP contribution in [-0.2, 0) is 12.0 Å².